The van der Waals surface area contributed by atoms with Crippen molar-refractivity contribution in [3.63, 3.8) is 0 Å². The molecular formula is C39H56O3. The SMILES string of the molecule is CC(C)CCCCCCCCCCCCCCOCC(O)COC(c1ccccc1)(c1ccccc1)c1ccccc1. The molecule has 3 rings (SSSR count). The molecule has 1 N–H and O–H groups in total. The maximum Gasteiger partial charge on any atom is 0.143 e. The summed E-state index contributed by atoms with van der Waals surface area (Å²) >= 11 is 0. The standard InChI is InChI=1S/C39H56O3/c1-34(2)24-16-11-9-7-5-3-4-6-8-10-12-23-31-41-32-38(40)33-42-39(35-25-17-13-18-26-35,36-27-19-14-20-28-36)37-29-21-15-22-30-37/h13-15,17-22,25-30,34,38,40H,3-12,16,23-24,31-33H2,1-2H3. The van der Waals surface area contributed by atoms with E-state index in [1.54, 1.807) is 0 Å². The van der Waals surface area contributed by atoms with Gasteiger partial charge in [0.25, 0.3) is 0 Å². The van der Waals surface area contributed by atoms with E-state index < -0.39 is 11.7 Å². The van der Waals surface area contributed by atoms with Gasteiger partial charge in [-0.25, -0.2) is 0 Å². The second-order valence-corrected chi connectivity index (χ2v) is 12.2. The minimum Gasteiger partial charge on any atom is -0.388 e. The van der Waals surface area contributed by atoms with Crippen molar-refractivity contribution in [1.82, 2.24) is 0 Å². The van der Waals surface area contributed by atoms with Gasteiger partial charge in [-0.15, -0.1) is 0 Å². The smallest absolute Gasteiger partial charge is 0.143 e. The van der Waals surface area contributed by atoms with Crippen molar-refractivity contribution >= 4 is 0 Å². The summed E-state index contributed by atoms with van der Waals surface area (Å²) in [7, 11) is 0. The Labute approximate surface area is 256 Å². The molecule has 0 aliphatic heterocycles. The molecule has 1 atom stereocenters. The minimum absolute atomic E-state index is 0.177. The molecule has 0 bridgehead atoms. The van der Waals surface area contributed by atoms with Gasteiger partial charge in [0, 0.05) is 6.61 Å². The highest BCUT2D eigenvalue weighted by Gasteiger charge is 2.38. The zero-order chi connectivity index (χ0) is 29.7. The summed E-state index contributed by atoms with van der Waals surface area (Å²) in [6, 6.07) is 30.9. The van der Waals surface area contributed by atoms with E-state index in [-0.39, 0.29) is 13.2 Å². The highest BCUT2D eigenvalue weighted by Crippen LogP contribution is 2.40. The lowest BCUT2D eigenvalue weighted by molar-refractivity contribution is -0.0641. The number of unbranched alkanes of at least 4 members (excludes halogenated alkanes) is 11. The quantitative estimate of drug-likeness (QED) is 0.0907. The van der Waals surface area contributed by atoms with Crippen LogP contribution in [0.4, 0.5) is 0 Å². The predicted octanol–water partition coefficient (Wildman–Crippen LogP) is 10.1. The topological polar surface area (TPSA) is 38.7 Å². The third-order valence-electron chi connectivity index (χ3n) is 8.16. The van der Waals surface area contributed by atoms with Gasteiger partial charge in [0.2, 0.25) is 0 Å². The van der Waals surface area contributed by atoms with Crippen LogP contribution >= 0.6 is 0 Å². The average molecular weight is 573 g/mol. The van der Waals surface area contributed by atoms with Crippen molar-refractivity contribution in [3.8, 4) is 0 Å². The van der Waals surface area contributed by atoms with Gasteiger partial charge in [-0.2, -0.15) is 0 Å². The number of aliphatic hydroxyl groups is 1. The van der Waals surface area contributed by atoms with Crippen LogP contribution in [-0.2, 0) is 15.1 Å². The van der Waals surface area contributed by atoms with Crippen LogP contribution in [0.15, 0.2) is 91.0 Å². The molecule has 0 aliphatic rings. The van der Waals surface area contributed by atoms with Crippen molar-refractivity contribution in [2.24, 2.45) is 5.92 Å². The molecule has 0 radical (unpaired) electrons. The lowest BCUT2D eigenvalue weighted by Gasteiger charge is -2.36. The van der Waals surface area contributed by atoms with Gasteiger partial charge in [0.15, 0.2) is 0 Å². The van der Waals surface area contributed by atoms with E-state index >= 15 is 0 Å². The van der Waals surface area contributed by atoms with E-state index in [0.29, 0.717) is 6.61 Å². The Bertz CT molecular complexity index is 938. The summed E-state index contributed by atoms with van der Waals surface area (Å²) in [5.41, 5.74) is 2.28. The molecular weight excluding hydrogens is 516 g/mol. The van der Waals surface area contributed by atoms with E-state index in [2.05, 4.69) is 50.2 Å². The van der Waals surface area contributed by atoms with Crippen molar-refractivity contribution in [1.29, 1.82) is 0 Å². The van der Waals surface area contributed by atoms with E-state index in [0.717, 1.165) is 29.0 Å². The molecule has 3 aromatic carbocycles. The predicted molar refractivity (Wildman–Crippen MR) is 177 cm³/mol. The van der Waals surface area contributed by atoms with Crippen molar-refractivity contribution in [3.05, 3.63) is 108 Å². The first kappa shape index (κ1) is 34.0. The van der Waals surface area contributed by atoms with Gasteiger partial charge in [-0.05, 0) is 29.0 Å². The number of hydrogen-bond donors (Lipinski definition) is 1. The second-order valence-electron chi connectivity index (χ2n) is 12.2. The molecule has 3 nitrogen and oxygen atoms in total. The first-order valence-corrected chi connectivity index (χ1v) is 16.7. The van der Waals surface area contributed by atoms with E-state index in [4.69, 9.17) is 9.47 Å². The van der Waals surface area contributed by atoms with Gasteiger partial charge in [-0.3, -0.25) is 0 Å². The number of hydrogen-bond acceptors (Lipinski definition) is 3. The van der Waals surface area contributed by atoms with E-state index in [9.17, 15) is 5.11 Å². The Morgan fingerprint density at radius 3 is 1.31 bits per heavy atom. The Kier molecular flexibility index (Phi) is 16.6. The molecule has 3 heteroatoms. The molecule has 0 spiro atoms. The highest BCUT2D eigenvalue weighted by atomic mass is 16.5. The fraction of sp³-hybridized carbons (Fsp3) is 0.538. The van der Waals surface area contributed by atoms with Crippen molar-refractivity contribution in [2.75, 3.05) is 19.8 Å². The van der Waals surface area contributed by atoms with Gasteiger partial charge >= 0.3 is 0 Å². The Morgan fingerprint density at radius 2 is 0.905 bits per heavy atom. The number of aliphatic hydroxyl groups excluding tert-OH is 1. The van der Waals surface area contributed by atoms with Crippen LogP contribution in [-0.4, -0.2) is 31.0 Å². The van der Waals surface area contributed by atoms with Crippen LogP contribution in [0.5, 0.6) is 0 Å². The van der Waals surface area contributed by atoms with E-state index in [1.165, 1.54) is 77.0 Å². The fourth-order valence-electron chi connectivity index (χ4n) is 5.78. The molecule has 0 aliphatic carbocycles. The van der Waals surface area contributed by atoms with Gasteiger partial charge in [0.05, 0.1) is 13.2 Å². The first-order valence-electron chi connectivity index (χ1n) is 16.7. The molecule has 0 fully saturated rings. The lowest BCUT2D eigenvalue weighted by Crippen LogP contribution is -2.36. The number of ether oxygens (including phenoxy) is 2. The Balaban J connectivity index is 1.33. The third kappa shape index (κ3) is 12.0. The summed E-state index contributed by atoms with van der Waals surface area (Å²) in [6.45, 7) is 5.80. The summed E-state index contributed by atoms with van der Waals surface area (Å²) in [4.78, 5) is 0. The molecule has 0 saturated carbocycles. The van der Waals surface area contributed by atoms with Gasteiger partial charge < -0.3 is 14.6 Å². The summed E-state index contributed by atoms with van der Waals surface area (Å²) in [6.07, 6.45) is 16.7. The van der Waals surface area contributed by atoms with Crippen molar-refractivity contribution in [2.45, 2.75) is 109 Å². The van der Waals surface area contributed by atoms with Crippen molar-refractivity contribution < 1.29 is 14.6 Å². The molecule has 3 aromatic rings. The zero-order valence-corrected chi connectivity index (χ0v) is 26.4. The number of rotatable bonds is 23. The molecule has 0 saturated heterocycles. The second kappa shape index (κ2) is 20.4. The van der Waals surface area contributed by atoms with Gasteiger partial charge in [0.1, 0.15) is 11.7 Å². The summed E-state index contributed by atoms with van der Waals surface area (Å²) < 4.78 is 12.6. The highest BCUT2D eigenvalue weighted by molar-refractivity contribution is 5.47. The number of benzene rings is 3. The maximum atomic E-state index is 10.8. The van der Waals surface area contributed by atoms with Gasteiger partial charge in [-0.1, -0.05) is 182 Å². The van der Waals surface area contributed by atoms with Crippen LogP contribution in [0, 0.1) is 5.92 Å². The maximum absolute atomic E-state index is 10.8. The van der Waals surface area contributed by atoms with Crippen LogP contribution in [0.25, 0.3) is 0 Å². The summed E-state index contributed by atoms with van der Waals surface area (Å²) in [5.74, 6) is 0.856. The monoisotopic (exact) mass is 572 g/mol. The Morgan fingerprint density at radius 1 is 0.524 bits per heavy atom. The molecule has 42 heavy (non-hydrogen) atoms. The molecule has 0 aromatic heterocycles. The minimum atomic E-state index is -0.821. The largest absolute Gasteiger partial charge is 0.388 e. The van der Waals surface area contributed by atoms with Crippen LogP contribution < -0.4 is 0 Å². The molecule has 0 amide bonds. The lowest BCUT2D eigenvalue weighted by atomic mass is 9.80. The average Bonchev–Trinajstić information content (AvgIpc) is 3.02. The fourth-order valence-corrected chi connectivity index (χ4v) is 5.78. The molecule has 0 heterocycles. The zero-order valence-electron chi connectivity index (χ0n) is 26.4. The summed E-state index contributed by atoms with van der Waals surface area (Å²) in [5, 5.41) is 10.8. The Hall–Kier alpha value is -2.46. The molecule has 230 valence electrons. The first-order chi connectivity index (χ1) is 20.6. The van der Waals surface area contributed by atoms with E-state index in [1.807, 2.05) is 54.6 Å². The van der Waals surface area contributed by atoms with Crippen LogP contribution in [0.1, 0.15) is 114 Å². The molecule has 1 unspecified atom stereocenters. The van der Waals surface area contributed by atoms with Crippen LogP contribution in [0.3, 0.4) is 0 Å². The third-order valence-corrected chi connectivity index (χ3v) is 8.16. The normalized spacial score (nSPS) is 12.6. The van der Waals surface area contributed by atoms with Crippen LogP contribution in [0.2, 0.25) is 0 Å².